The van der Waals surface area contributed by atoms with Crippen molar-refractivity contribution in [3.05, 3.63) is 65.2 Å². The van der Waals surface area contributed by atoms with Gasteiger partial charge in [0.15, 0.2) is 0 Å². The Hall–Kier alpha value is -2.33. The minimum atomic E-state index is -0.277. The molecule has 4 nitrogen and oxygen atoms in total. The number of carbonyl (C=O) groups is 1. The zero-order valence-corrected chi connectivity index (χ0v) is 11.1. The summed E-state index contributed by atoms with van der Waals surface area (Å²) in [5.41, 5.74) is 8.86. The first kappa shape index (κ1) is 14.1. The number of nitrogen functional groups attached to an aromatic ring is 1. The second-order valence-corrected chi connectivity index (χ2v) is 4.55. The Labute approximate surface area is 117 Å². The predicted molar refractivity (Wildman–Crippen MR) is 76.7 cm³/mol. The number of hydrogen-bond acceptors (Lipinski definition) is 4. The van der Waals surface area contributed by atoms with Crippen molar-refractivity contribution in [1.29, 1.82) is 0 Å². The van der Waals surface area contributed by atoms with Gasteiger partial charge in [-0.1, -0.05) is 36.4 Å². The molecule has 0 saturated carbocycles. The van der Waals surface area contributed by atoms with Gasteiger partial charge in [-0.25, -0.2) is 0 Å². The lowest BCUT2D eigenvalue weighted by molar-refractivity contribution is -0.144. The number of nitrogens with two attached hydrogens (primary N) is 1. The lowest BCUT2D eigenvalue weighted by Crippen LogP contribution is -2.08. The van der Waals surface area contributed by atoms with Crippen LogP contribution in [0.4, 0.5) is 5.69 Å². The average molecular weight is 271 g/mol. The Morgan fingerprint density at radius 2 is 1.50 bits per heavy atom. The van der Waals surface area contributed by atoms with Crippen LogP contribution in [0.15, 0.2) is 48.5 Å². The SMILES string of the molecule is Nc1ccc(CC(=O)OCc2ccc(CO)cc2)cc1. The van der Waals surface area contributed by atoms with Crippen LogP contribution in [0.3, 0.4) is 0 Å². The lowest BCUT2D eigenvalue weighted by Gasteiger charge is -2.06. The first-order valence-corrected chi connectivity index (χ1v) is 6.36. The first-order chi connectivity index (χ1) is 9.67. The minimum absolute atomic E-state index is 0.0111. The number of rotatable bonds is 5. The van der Waals surface area contributed by atoms with Gasteiger partial charge in [0.05, 0.1) is 13.0 Å². The van der Waals surface area contributed by atoms with E-state index in [1.165, 1.54) is 0 Å². The molecule has 104 valence electrons. The van der Waals surface area contributed by atoms with Gasteiger partial charge in [-0.3, -0.25) is 4.79 Å². The zero-order valence-electron chi connectivity index (χ0n) is 11.1. The van der Waals surface area contributed by atoms with E-state index < -0.39 is 0 Å². The number of anilines is 1. The smallest absolute Gasteiger partial charge is 0.310 e. The molecule has 2 rings (SSSR count). The molecular weight excluding hydrogens is 254 g/mol. The van der Waals surface area contributed by atoms with E-state index in [-0.39, 0.29) is 25.6 Å². The largest absolute Gasteiger partial charge is 0.461 e. The maximum absolute atomic E-state index is 11.7. The Kier molecular flexibility index (Phi) is 4.74. The van der Waals surface area contributed by atoms with Gasteiger partial charge in [0.1, 0.15) is 6.61 Å². The molecule has 0 aliphatic rings. The van der Waals surface area contributed by atoms with Crippen molar-refractivity contribution < 1.29 is 14.6 Å². The molecule has 0 saturated heterocycles. The molecule has 0 aliphatic heterocycles. The molecular formula is C16H17NO3. The second-order valence-electron chi connectivity index (χ2n) is 4.55. The number of benzene rings is 2. The molecule has 0 bridgehead atoms. The predicted octanol–water partition coefficient (Wildman–Crippen LogP) is 2.05. The first-order valence-electron chi connectivity index (χ1n) is 6.36. The lowest BCUT2D eigenvalue weighted by atomic mass is 10.1. The summed E-state index contributed by atoms with van der Waals surface area (Å²) in [4.78, 5) is 11.7. The normalized spacial score (nSPS) is 10.2. The highest BCUT2D eigenvalue weighted by Gasteiger charge is 2.05. The molecule has 0 aromatic heterocycles. The van der Waals surface area contributed by atoms with Gasteiger partial charge in [0.2, 0.25) is 0 Å². The molecule has 0 unspecified atom stereocenters. The van der Waals surface area contributed by atoms with Crippen LogP contribution in [0.25, 0.3) is 0 Å². The van der Waals surface area contributed by atoms with Crippen molar-refractivity contribution in [2.75, 3.05) is 5.73 Å². The highest BCUT2D eigenvalue weighted by molar-refractivity contribution is 5.72. The van der Waals surface area contributed by atoms with E-state index in [0.717, 1.165) is 16.7 Å². The number of hydrogen-bond donors (Lipinski definition) is 2. The van der Waals surface area contributed by atoms with Crippen LogP contribution >= 0.6 is 0 Å². The second kappa shape index (κ2) is 6.73. The monoisotopic (exact) mass is 271 g/mol. The van der Waals surface area contributed by atoms with Crippen molar-refractivity contribution in [3.63, 3.8) is 0 Å². The zero-order chi connectivity index (χ0) is 14.4. The summed E-state index contributed by atoms with van der Waals surface area (Å²) < 4.78 is 5.20. The minimum Gasteiger partial charge on any atom is -0.461 e. The van der Waals surface area contributed by atoms with E-state index in [1.54, 1.807) is 12.1 Å². The molecule has 0 atom stereocenters. The van der Waals surface area contributed by atoms with Gasteiger partial charge in [-0.05, 0) is 28.8 Å². The Balaban J connectivity index is 1.83. The third-order valence-electron chi connectivity index (χ3n) is 2.93. The van der Waals surface area contributed by atoms with Crippen LogP contribution < -0.4 is 5.73 Å². The molecule has 0 spiro atoms. The quantitative estimate of drug-likeness (QED) is 0.645. The van der Waals surface area contributed by atoms with Crippen LogP contribution in [-0.4, -0.2) is 11.1 Å². The van der Waals surface area contributed by atoms with Gasteiger partial charge in [-0.15, -0.1) is 0 Å². The summed E-state index contributed by atoms with van der Waals surface area (Å²) in [6.45, 7) is 0.247. The molecule has 2 aromatic rings. The van der Waals surface area contributed by atoms with E-state index >= 15 is 0 Å². The fraction of sp³-hybridized carbons (Fsp3) is 0.188. The number of aliphatic hydroxyl groups excluding tert-OH is 1. The Morgan fingerprint density at radius 3 is 2.10 bits per heavy atom. The van der Waals surface area contributed by atoms with Gasteiger partial charge in [-0.2, -0.15) is 0 Å². The van der Waals surface area contributed by atoms with Crippen molar-refractivity contribution in [1.82, 2.24) is 0 Å². The summed E-state index contributed by atoms with van der Waals surface area (Å²) >= 11 is 0. The molecule has 4 heteroatoms. The molecule has 20 heavy (non-hydrogen) atoms. The molecule has 0 fully saturated rings. The third-order valence-corrected chi connectivity index (χ3v) is 2.93. The maximum Gasteiger partial charge on any atom is 0.310 e. The average Bonchev–Trinajstić information content (AvgIpc) is 2.48. The van der Waals surface area contributed by atoms with E-state index in [0.29, 0.717) is 5.69 Å². The van der Waals surface area contributed by atoms with Crippen molar-refractivity contribution in [3.8, 4) is 0 Å². The van der Waals surface area contributed by atoms with Gasteiger partial charge >= 0.3 is 5.97 Å². The van der Waals surface area contributed by atoms with E-state index in [2.05, 4.69) is 0 Å². The van der Waals surface area contributed by atoms with Crippen LogP contribution in [0, 0.1) is 0 Å². The molecule has 2 aromatic carbocycles. The number of esters is 1. The molecule has 0 amide bonds. The van der Waals surface area contributed by atoms with Crippen molar-refractivity contribution >= 4 is 11.7 Å². The standard InChI is InChI=1S/C16H17NO3/c17-15-7-5-12(6-8-15)9-16(19)20-11-14-3-1-13(10-18)2-4-14/h1-8,18H,9-11,17H2. The summed E-state index contributed by atoms with van der Waals surface area (Å²) in [5, 5.41) is 8.94. The molecule has 3 N–H and O–H groups in total. The summed E-state index contributed by atoms with van der Waals surface area (Å²) in [6, 6.07) is 14.4. The van der Waals surface area contributed by atoms with Gasteiger partial charge < -0.3 is 15.6 Å². The number of aliphatic hydroxyl groups is 1. The summed E-state index contributed by atoms with van der Waals surface area (Å²) in [7, 11) is 0. The summed E-state index contributed by atoms with van der Waals surface area (Å²) in [6.07, 6.45) is 0.231. The molecule has 0 aliphatic carbocycles. The summed E-state index contributed by atoms with van der Waals surface area (Å²) in [5.74, 6) is -0.277. The highest BCUT2D eigenvalue weighted by atomic mass is 16.5. The van der Waals surface area contributed by atoms with Crippen LogP contribution in [0.5, 0.6) is 0 Å². The topological polar surface area (TPSA) is 72.6 Å². The number of carbonyl (C=O) groups excluding carboxylic acids is 1. The van der Waals surface area contributed by atoms with E-state index in [4.69, 9.17) is 15.6 Å². The van der Waals surface area contributed by atoms with Crippen LogP contribution in [0.1, 0.15) is 16.7 Å². The maximum atomic E-state index is 11.7. The third kappa shape index (κ3) is 4.10. The highest BCUT2D eigenvalue weighted by Crippen LogP contribution is 2.09. The van der Waals surface area contributed by atoms with E-state index in [1.807, 2.05) is 36.4 Å². The Morgan fingerprint density at radius 1 is 0.950 bits per heavy atom. The Bertz CT molecular complexity index is 561. The van der Waals surface area contributed by atoms with Crippen molar-refractivity contribution in [2.24, 2.45) is 0 Å². The number of ether oxygens (including phenoxy) is 1. The molecule has 0 heterocycles. The van der Waals surface area contributed by atoms with E-state index in [9.17, 15) is 4.79 Å². The fourth-order valence-electron chi connectivity index (χ4n) is 1.76. The van der Waals surface area contributed by atoms with Gasteiger partial charge in [0, 0.05) is 5.69 Å². The van der Waals surface area contributed by atoms with Gasteiger partial charge in [0.25, 0.3) is 0 Å². The van der Waals surface area contributed by atoms with Crippen LogP contribution in [-0.2, 0) is 29.2 Å². The van der Waals surface area contributed by atoms with Crippen LogP contribution in [0.2, 0.25) is 0 Å². The fourth-order valence-corrected chi connectivity index (χ4v) is 1.76. The van der Waals surface area contributed by atoms with Crippen molar-refractivity contribution in [2.45, 2.75) is 19.6 Å². The molecule has 0 radical (unpaired) electrons.